The first-order chi connectivity index (χ1) is 9.04. The minimum Gasteiger partial charge on any atom is -0.326 e. The van der Waals surface area contributed by atoms with Crippen LogP contribution < -0.4 is 5.56 Å². The highest BCUT2D eigenvalue weighted by Crippen LogP contribution is 2.18. The number of nitrogens with zero attached hydrogens (tertiary/aromatic N) is 2. The van der Waals surface area contributed by atoms with Crippen LogP contribution in [-0.4, -0.2) is 19.7 Å². The molecular weight excluding hydrogens is 260 g/mol. The molecule has 0 aromatic carbocycles. The van der Waals surface area contributed by atoms with Gasteiger partial charge in [0.2, 0.25) is 0 Å². The van der Waals surface area contributed by atoms with E-state index in [2.05, 4.69) is 22.1 Å². The van der Waals surface area contributed by atoms with E-state index in [-0.39, 0.29) is 5.56 Å². The molecule has 0 spiro atoms. The summed E-state index contributed by atoms with van der Waals surface area (Å²) in [6.07, 6.45) is 2.07. The first-order valence-corrected chi connectivity index (χ1v) is 6.81. The molecular formula is C13H18N4OS. The monoisotopic (exact) mass is 278 g/mol. The van der Waals surface area contributed by atoms with Crippen LogP contribution in [0.3, 0.4) is 0 Å². The molecule has 2 rings (SSSR count). The molecule has 0 bridgehead atoms. The Labute approximate surface area is 116 Å². The Morgan fingerprint density at radius 3 is 2.79 bits per heavy atom. The third kappa shape index (κ3) is 2.68. The maximum atomic E-state index is 12.1. The molecule has 2 N–H and O–H groups in total. The van der Waals surface area contributed by atoms with Gasteiger partial charge in [-0.3, -0.25) is 14.5 Å². The number of aromatic nitrogens is 4. The van der Waals surface area contributed by atoms with Crippen LogP contribution in [0.5, 0.6) is 0 Å². The van der Waals surface area contributed by atoms with Crippen LogP contribution in [0, 0.1) is 18.6 Å². The summed E-state index contributed by atoms with van der Waals surface area (Å²) in [5.41, 5.74) is 2.23. The number of aromatic amines is 2. The van der Waals surface area contributed by atoms with Gasteiger partial charge in [-0.15, -0.1) is 0 Å². The molecule has 6 heteroatoms. The van der Waals surface area contributed by atoms with Gasteiger partial charge in [-0.2, -0.15) is 5.10 Å². The number of hydrogen-bond donors (Lipinski definition) is 2. The number of pyridine rings is 1. The lowest BCUT2D eigenvalue weighted by Crippen LogP contribution is -2.15. The predicted molar refractivity (Wildman–Crippen MR) is 77.9 cm³/mol. The van der Waals surface area contributed by atoms with Crippen LogP contribution in [0.2, 0.25) is 0 Å². The van der Waals surface area contributed by atoms with Gasteiger partial charge >= 0.3 is 0 Å². The van der Waals surface area contributed by atoms with E-state index in [1.54, 1.807) is 0 Å². The van der Waals surface area contributed by atoms with Gasteiger partial charge in [0.15, 0.2) is 10.6 Å². The van der Waals surface area contributed by atoms with Crippen molar-refractivity contribution in [3.63, 3.8) is 0 Å². The smallest absolute Gasteiger partial charge is 0.259 e. The van der Waals surface area contributed by atoms with Crippen molar-refractivity contribution < 1.29 is 0 Å². The van der Waals surface area contributed by atoms with Gasteiger partial charge in [0.1, 0.15) is 0 Å². The first kappa shape index (κ1) is 13.7. The summed E-state index contributed by atoms with van der Waals surface area (Å²) in [6.45, 7) is 6.67. The lowest BCUT2D eigenvalue weighted by atomic mass is 10.1. The highest BCUT2D eigenvalue weighted by molar-refractivity contribution is 7.71. The third-order valence-electron chi connectivity index (χ3n) is 3.08. The van der Waals surface area contributed by atoms with E-state index in [1.807, 2.05) is 24.5 Å². The fourth-order valence-electron chi connectivity index (χ4n) is 2.16. The van der Waals surface area contributed by atoms with Crippen LogP contribution in [0.4, 0.5) is 0 Å². The number of unbranched alkanes of at least 4 members (excludes halogenated alkanes) is 1. The largest absolute Gasteiger partial charge is 0.326 e. The molecule has 0 saturated heterocycles. The fourth-order valence-corrected chi connectivity index (χ4v) is 2.39. The Morgan fingerprint density at radius 1 is 1.42 bits per heavy atom. The molecule has 0 saturated carbocycles. The fraction of sp³-hybridized carbons (Fsp3) is 0.462. The van der Waals surface area contributed by atoms with Crippen molar-refractivity contribution in [2.24, 2.45) is 0 Å². The number of rotatable bonds is 4. The van der Waals surface area contributed by atoms with Crippen LogP contribution in [0.1, 0.15) is 31.0 Å². The topological polar surface area (TPSA) is 66.5 Å². The Morgan fingerprint density at radius 2 is 2.16 bits per heavy atom. The van der Waals surface area contributed by atoms with Crippen molar-refractivity contribution in [1.29, 1.82) is 0 Å². The minimum absolute atomic E-state index is 0.121. The zero-order chi connectivity index (χ0) is 14.0. The van der Waals surface area contributed by atoms with E-state index >= 15 is 0 Å². The van der Waals surface area contributed by atoms with Gasteiger partial charge in [0.05, 0.1) is 5.56 Å². The molecule has 0 aliphatic rings. The molecule has 5 nitrogen and oxygen atoms in total. The van der Waals surface area contributed by atoms with Crippen molar-refractivity contribution in [2.45, 2.75) is 40.2 Å². The predicted octanol–water partition coefficient (Wildman–Crippen LogP) is 2.71. The summed E-state index contributed by atoms with van der Waals surface area (Å²) in [6, 6.07) is 1.94. The standard InChI is InChI=1S/C13H18N4OS/c1-4-5-6-17-11(15-16-13(17)19)10-8(2)7-9(3)14-12(10)18/h7H,4-6H2,1-3H3,(H,14,18)(H,16,19). The summed E-state index contributed by atoms with van der Waals surface area (Å²) >= 11 is 5.23. The molecule has 0 fully saturated rings. The zero-order valence-corrected chi connectivity index (χ0v) is 12.2. The van der Waals surface area contributed by atoms with E-state index in [4.69, 9.17) is 12.2 Å². The summed E-state index contributed by atoms with van der Waals surface area (Å²) < 4.78 is 2.45. The van der Waals surface area contributed by atoms with Crippen molar-refractivity contribution in [3.05, 3.63) is 32.4 Å². The van der Waals surface area contributed by atoms with Gasteiger partial charge in [0.25, 0.3) is 5.56 Å². The van der Waals surface area contributed by atoms with Crippen molar-refractivity contribution >= 4 is 12.2 Å². The Bertz CT molecular complexity index is 695. The quantitative estimate of drug-likeness (QED) is 0.845. The summed E-state index contributed by atoms with van der Waals surface area (Å²) in [4.78, 5) is 15.0. The van der Waals surface area contributed by atoms with E-state index in [1.165, 1.54) is 0 Å². The molecule has 0 radical (unpaired) electrons. The molecule has 0 atom stereocenters. The average Bonchev–Trinajstić information content (AvgIpc) is 2.67. The normalized spacial score (nSPS) is 10.9. The molecule has 19 heavy (non-hydrogen) atoms. The van der Waals surface area contributed by atoms with Crippen LogP contribution in [-0.2, 0) is 6.54 Å². The second-order valence-corrected chi connectivity index (χ2v) is 5.08. The molecule has 102 valence electrons. The minimum atomic E-state index is -0.121. The summed E-state index contributed by atoms with van der Waals surface area (Å²) in [7, 11) is 0. The van der Waals surface area contributed by atoms with Gasteiger partial charge in [-0.05, 0) is 44.1 Å². The van der Waals surface area contributed by atoms with Gasteiger partial charge in [0, 0.05) is 12.2 Å². The highest BCUT2D eigenvalue weighted by Gasteiger charge is 2.15. The van der Waals surface area contributed by atoms with Crippen LogP contribution >= 0.6 is 12.2 Å². The summed E-state index contributed by atoms with van der Waals surface area (Å²) in [5, 5.41) is 6.99. The second-order valence-electron chi connectivity index (χ2n) is 4.70. The van der Waals surface area contributed by atoms with Gasteiger partial charge in [-0.1, -0.05) is 13.3 Å². The number of nitrogens with one attached hydrogen (secondary N) is 2. The van der Waals surface area contributed by atoms with E-state index in [0.29, 0.717) is 16.2 Å². The van der Waals surface area contributed by atoms with E-state index < -0.39 is 0 Å². The second kappa shape index (κ2) is 5.52. The molecule has 2 heterocycles. The van der Waals surface area contributed by atoms with E-state index in [9.17, 15) is 4.79 Å². The highest BCUT2D eigenvalue weighted by atomic mass is 32.1. The van der Waals surface area contributed by atoms with Gasteiger partial charge in [-0.25, -0.2) is 0 Å². The third-order valence-corrected chi connectivity index (χ3v) is 3.39. The van der Waals surface area contributed by atoms with Crippen molar-refractivity contribution in [2.75, 3.05) is 0 Å². The Kier molecular flexibility index (Phi) is 3.99. The number of aryl methyl sites for hydroxylation is 2. The molecule has 0 aliphatic heterocycles. The van der Waals surface area contributed by atoms with Crippen LogP contribution in [0.15, 0.2) is 10.9 Å². The maximum absolute atomic E-state index is 12.1. The average molecular weight is 278 g/mol. The molecule has 0 amide bonds. The summed E-state index contributed by atoms with van der Waals surface area (Å²) in [5.74, 6) is 0.622. The Balaban J connectivity index is 2.60. The molecule has 0 unspecified atom stereocenters. The molecule has 2 aromatic heterocycles. The lowest BCUT2D eigenvalue weighted by molar-refractivity contribution is 0.628. The van der Waals surface area contributed by atoms with E-state index in [0.717, 1.165) is 30.6 Å². The molecule has 2 aromatic rings. The zero-order valence-electron chi connectivity index (χ0n) is 11.4. The van der Waals surface area contributed by atoms with Crippen molar-refractivity contribution in [1.82, 2.24) is 19.7 Å². The molecule has 0 aliphatic carbocycles. The van der Waals surface area contributed by atoms with Crippen molar-refractivity contribution in [3.8, 4) is 11.4 Å². The number of H-pyrrole nitrogens is 2. The Hall–Kier alpha value is -1.69. The number of hydrogen-bond acceptors (Lipinski definition) is 3. The lowest BCUT2D eigenvalue weighted by Gasteiger charge is -2.08. The first-order valence-electron chi connectivity index (χ1n) is 6.40. The van der Waals surface area contributed by atoms with Crippen LogP contribution in [0.25, 0.3) is 11.4 Å². The SMILES string of the molecule is CCCCn1c(-c2c(C)cc(C)[nH]c2=O)n[nH]c1=S. The van der Waals surface area contributed by atoms with Gasteiger partial charge < -0.3 is 4.98 Å². The maximum Gasteiger partial charge on any atom is 0.259 e.